The Bertz CT molecular complexity index is 2410. The highest BCUT2D eigenvalue weighted by molar-refractivity contribution is 6.01. The van der Waals surface area contributed by atoms with E-state index in [-0.39, 0.29) is 36.2 Å². The normalized spacial score (nSPS) is 18.6. The monoisotopic (exact) mass is 802 g/mol. The SMILES string of the molecule is C=CCn1c(=O)c2cnc(Nc3ccc(C4CCN(CC5CCN(c6ccc(N[C@@H]7CCC(=O)NC7=O)cc6F)CC5)CC4)cc3)nc2n1-c1cccc(C(C)(C)O)n1. The van der Waals surface area contributed by atoms with Crippen LogP contribution in [0.5, 0.6) is 0 Å². The van der Waals surface area contributed by atoms with E-state index in [1.54, 1.807) is 54.9 Å². The third-order valence-corrected chi connectivity index (χ3v) is 11.8. The van der Waals surface area contributed by atoms with Crippen molar-refractivity contribution in [2.75, 3.05) is 48.3 Å². The van der Waals surface area contributed by atoms with Gasteiger partial charge in [0.25, 0.3) is 5.56 Å². The molecule has 8 rings (SSSR count). The van der Waals surface area contributed by atoms with E-state index in [0.717, 1.165) is 64.1 Å². The van der Waals surface area contributed by atoms with E-state index in [4.69, 9.17) is 4.98 Å². The molecule has 3 aliphatic heterocycles. The molecule has 0 bridgehead atoms. The molecule has 3 aromatic heterocycles. The van der Waals surface area contributed by atoms with Gasteiger partial charge >= 0.3 is 0 Å². The van der Waals surface area contributed by atoms with Crippen LogP contribution in [-0.4, -0.2) is 84.9 Å². The molecule has 0 saturated carbocycles. The molecule has 0 aliphatic carbocycles. The number of nitrogens with one attached hydrogen (secondary N) is 3. The summed E-state index contributed by atoms with van der Waals surface area (Å²) in [6, 6.07) is 18.2. The molecule has 0 unspecified atom stereocenters. The summed E-state index contributed by atoms with van der Waals surface area (Å²) < 4.78 is 18.4. The molecule has 4 N–H and O–H groups in total. The Labute approximate surface area is 342 Å². The van der Waals surface area contributed by atoms with Crippen LogP contribution < -0.4 is 26.4 Å². The number of pyridine rings is 1. The fraction of sp³-hybridized carbons (Fsp3) is 0.409. The number of hydrogen-bond donors (Lipinski definition) is 4. The second-order valence-corrected chi connectivity index (χ2v) is 16.4. The predicted molar refractivity (Wildman–Crippen MR) is 226 cm³/mol. The van der Waals surface area contributed by atoms with Crippen molar-refractivity contribution >= 4 is 45.9 Å². The Morgan fingerprint density at radius 3 is 2.39 bits per heavy atom. The number of fused-ring (bicyclic) bond motifs is 1. The standard InChI is InChI=1S/C44H51FN10O4/c1-4-20-54-42(58)33-26-46-43(51-40(33)55(54)38-7-5-6-37(49-38)44(2,3)59)48-31-10-8-29(9-11-31)30-18-21-52(22-19-30)27-28-16-23-53(24-17-28)36-14-12-32(25-34(36)45)47-35-13-15-39(56)50-41(35)57/h4-12,14,25-26,28,30,35,47,59H,1,13,15-24,27H2,2-3H3,(H,46,48,51)(H,50,56,57)/t35-/m1/s1. The van der Waals surface area contributed by atoms with E-state index in [1.807, 2.05) is 12.1 Å². The molecular formula is C44H51FN10O4. The molecule has 308 valence electrons. The summed E-state index contributed by atoms with van der Waals surface area (Å²) in [6.07, 6.45) is 8.00. The van der Waals surface area contributed by atoms with Crippen molar-refractivity contribution in [3.8, 4) is 5.82 Å². The Morgan fingerprint density at radius 1 is 0.949 bits per heavy atom. The van der Waals surface area contributed by atoms with E-state index < -0.39 is 11.6 Å². The lowest BCUT2D eigenvalue weighted by Gasteiger charge is -2.38. The fourth-order valence-electron chi connectivity index (χ4n) is 8.51. The van der Waals surface area contributed by atoms with Crippen LogP contribution in [0.4, 0.5) is 27.4 Å². The zero-order valence-electron chi connectivity index (χ0n) is 33.5. The van der Waals surface area contributed by atoms with Gasteiger partial charge in [-0.1, -0.05) is 24.3 Å². The van der Waals surface area contributed by atoms with E-state index in [9.17, 15) is 19.5 Å². The quantitative estimate of drug-likeness (QED) is 0.0920. The molecule has 1 atom stereocenters. The van der Waals surface area contributed by atoms with Gasteiger partial charge < -0.3 is 25.5 Å². The zero-order valence-corrected chi connectivity index (χ0v) is 33.5. The van der Waals surface area contributed by atoms with Gasteiger partial charge in [0.2, 0.25) is 17.8 Å². The summed E-state index contributed by atoms with van der Waals surface area (Å²) in [5.74, 6) is 0.860. The van der Waals surface area contributed by atoms with Gasteiger partial charge in [0.1, 0.15) is 22.8 Å². The first-order chi connectivity index (χ1) is 28.4. The molecule has 5 aromatic rings. The lowest BCUT2D eigenvalue weighted by Crippen LogP contribution is -2.47. The summed E-state index contributed by atoms with van der Waals surface area (Å²) in [6.45, 7) is 12.1. The fourth-order valence-corrected chi connectivity index (χ4v) is 8.51. The topological polar surface area (TPSA) is 163 Å². The van der Waals surface area contributed by atoms with Crippen LogP contribution in [0, 0.1) is 11.7 Å². The average molecular weight is 803 g/mol. The van der Waals surface area contributed by atoms with E-state index in [1.165, 1.54) is 22.5 Å². The van der Waals surface area contributed by atoms with Gasteiger partial charge in [0.05, 0.1) is 17.9 Å². The van der Waals surface area contributed by atoms with Gasteiger partial charge in [-0.15, -0.1) is 6.58 Å². The minimum atomic E-state index is -1.17. The molecule has 2 aromatic carbocycles. The predicted octanol–water partition coefficient (Wildman–Crippen LogP) is 5.59. The number of carbonyl (C=O) groups excluding carboxylic acids is 2. The number of aromatic nitrogens is 5. The maximum atomic E-state index is 15.2. The van der Waals surface area contributed by atoms with Crippen molar-refractivity contribution in [1.29, 1.82) is 0 Å². The molecule has 3 fully saturated rings. The highest BCUT2D eigenvalue weighted by Crippen LogP contribution is 2.32. The van der Waals surface area contributed by atoms with Crippen LogP contribution in [0.1, 0.15) is 69.5 Å². The highest BCUT2D eigenvalue weighted by atomic mass is 19.1. The van der Waals surface area contributed by atoms with E-state index in [2.05, 4.69) is 54.4 Å². The minimum Gasteiger partial charge on any atom is -0.384 e. The van der Waals surface area contributed by atoms with Crippen LogP contribution >= 0.6 is 0 Å². The van der Waals surface area contributed by atoms with Crippen molar-refractivity contribution in [3.05, 3.63) is 107 Å². The number of allylic oxidation sites excluding steroid dienone is 1. The largest absolute Gasteiger partial charge is 0.384 e. The van der Waals surface area contributed by atoms with Crippen LogP contribution in [0.3, 0.4) is 0 Å². The lowest BCUT2D eigenvalue weighted by molar-refractivity contribution is -0.133. The molecule has 59 heavy (non-hydrogen) atoms. The number of likely N-dealkylation sites (tertiary alicyclic amines) is 1. The third kappa shape index (κ3) is 8.76. The number of benzene rings is 2. The van der Waals surface area contributed by atoms with Crippen LogP contribution in [0.2, 0.25) is 0 Å². The van der Waals surface area contributed by atoms with Crippen molar-refractivity contribution in [3.63, 3.8) is 0 Å². The number of amides is 2. The molecule has 0 spiro atoms. The molecule has 3 aliphatic rings. The molecule has 3 saturated heterocycles. The molecule has 14 nitrogen and oxygen atoms in total. The molecule has 2 amide bonds. The highest BCUT2D eigenvalue weighted by Gasteiger charge is 2.29. The number of aliphatic hydroxyl groups is 1. The number of rotatable bonds is 12. The van der Waals surface area contributed by atoms with Crippen molar-refractivity contribution in [1.82, 2.24) is 34.5 Å². The molecule has 15 heteroatoms. The number of piperidine rings is 3. The number of carbonyl (C=O) groups is 2. The molecule has 0 radical (unpaired) electrons. The van der Waals surface area contributed by atoms with Crippen molar-refractivity contribution in [2.45, 2.75) is 76.5 Å². The maximum Gasteiger partial charge on any atom is 0.278 e. The van der Waals surface area contributed by atoms with E-state index in [0.29, 0.717) is 58.1 Å². The van der Waals surface area contributed by atoms with Gasteiger partial charge in [0, 0.05) is 43.6 Å². The first kappa shape index (κ1) is 39.9. The summed E-state index contributed by atoms with van der Waals surface area (Å²) in [5.41, 5.74) is 2.67. The number of hydrogen-bond acceptors (Lipinski definition) is 11. The van der Waals surface area contributed by atoms with Crippen LogP contribution in [0.25, 0.3) is 16.9 Å². The van der Waals surface area contributed by atoms with Gasteiger partial charge in [-0.05, 0) is 119 Å². The van der Waals surface area contributed by atoms with Gasteiger partial charge in [0.15, 0.2) is 11.5 Å². The Balaban J connectivity index is 0.838. The number of imide groups is 1. The summed E-state index contributed by atoms with van der Waals surface area (Å²) in [4.78, 5) is 55.5. The Hall–Kier alpha value is -5.93. The summed E-state index contributed by atoms with van der Waals surface area (Å²) in [5, 5.41) is 19.7. The van der Waals surface area contributed by atoms with E-state index >= 15 is 4.39 Å². The first-order valence-corrected chi connectivity index (χ1v) is 20.5. The Morgan fingerprint density at radius 2 is 1.69 bits per heavy atom. The van der Waals surface area contributed by atoms with Crippen LogP contribution in [-0.2, 0) is 21.7 Å². The smallest absolute Gasteiger partial charge is 0.278 e. The number of anilines is 4. The summed E-state index contributed by atoms with van der Waals surface area (Å²) in [7, 11) is 0. The Kier molecular flexibility index (Phi) is 11.3. The maximum absolute atomic E-state index is 15.2. The second kappa shape index (κ2) is 16.7. The number of halogens is 1. The molecular weight excluding hydrogens is 752 g/mol. The lowest BCUT2D eigenvalue weighted by atomic mass is 9.88. The first-order valence-electron chi connectivity index (χ1n) is 20.5. The minimum absolute atomic E-state index is 0.238. The third-order valence-electron chi connectivity index (χ3n) is 11.8. The zero-order chi connectivity index (χ0) is 41.3. The molecule has 6 heterocycles. The van der Waals surface area contributed by atoms with Crippen molar-refractivity contribution in [2.24, 2.45) is 5.92 Å². The van der Waals surface area contributed by atoms with Gasteiger partial charge in [-0.3, -0.25) is 19.7 Å². The van der Waals surface area contributed by atoms with Crippen molar-refractivity contribution < 1.29 is 19.1 Å². The summed E-state index contributed by atoms with van der Waals surface area (Å²) >= 11 is 0. The average Bonchev–Trinajstić information content (AvgIpc) is 3.49. The van der Waals surface area contributed by atoms with Crippen LogP contribution in [0.15, 0.2) is 84.3 Å². The second-order valence-electron chi connectivity index (χ2n) is 16.4. The number of nitrogens with zero attached hydrogens (tertiary/aromatic N) is 7. The van der Waals surface area contributed by atoms with Gasteiger partial charge in [-0.25, -0.2) is 23.7 Å². The van der Waals surface area contributed by atoms with Gasteiger partial charge in [-0.2, -0.15) is 4.98 Å².